The Labute approximate surface area is 117 Å². The Balaban J connectivity index is 1.68. The molecule has 20 heavy (non-hydrogen) atoms. The summed E-state index contributed by atoms with van der Waals surface area (Å²) in [5.74, 6) is -4.72. The van der Waals surface area contributed by atoms with Gasteiger partial charge in [0.25, 0.3) is 0 Å². The van der Waals surface area contributed by atoms with E-state index in [-0.39, 0.29) is 12.6 Å². The molecule has 1 aromatic rings. The predicted octanol–water partition coefficient (Wildman–Crippen LogP) is 2.55. The van der Waals surface area contributed by atoms with E-state index in [1.165, 1.54) is 5.56 Å². The third-order valence-electron chi connectivity index (χ3n) is 3.46. The van der Waals surface area contributed by atoms with Crippen LogP contribution in [0.4, 0.5) is 8.78 Å². The van der Waals surface area contributed by atoms with Gasteiger partial charge in [0.2, 0.25) is 0 Å². The van der Waals surface area contributed by atoms with Gasteiger partial charge in [0.1, 0.15) is 6.10 Å². The van der Waals surface area contributed by atoms with E-state index >= 15 is 0 Å². The number of halogens is 2. The molecule has 2 rings (SSSR count). The molecule has 0 aromatic heterocycles. The highest BCUT2D eigenvalue weighted by Gasteiger charge is 2.50. The lowest BCUT2D eigenvalue weighted by Crippen LogP contribution is -2.34. The van der Waals surface area contributed by atoms with Gasteiger partial charge in [-0.15, -0.1) is 0 Å². The van der Waals surface area contributed by atoms with Gasteiger partial charge in [-0.05, 0) is 25.3 Å². The van der Waals surface area contributed by atoms with Gasteiger partial charge in [-0.3, -0.25) is 0 Å². The fourth-order valence-electron chi connectivity index (χ4n) is 2.22. The number of ether oxygens (including phenoxy) is 1. The van der Waals surface area contributed by atoms with Crippen LogP contribution in [0.15, 0.2) is 30.3 Å². The molecular weight excluding hydrogens is 264 g/mol. The van der Waals surface area contributed by atoms with Crippen molar-refractivity contribution in [2.24, 2.45) is 0 Å². The predicted molar refractivity (Wildman–Crippen MR) is 71.7 cm³/mol. The van der Waals surface area contributed by atoms with Crippen LogP contribution in [0.5, 0.6) is 0 Å². The van der Waals surface area contributed by atoms with Gasteiger partial charge in [-0.1, -0.05) is 30.3 Å². The normalized spacial score (nSPS) is 22.6. The van der Waals surface area contributed by atoms with Gasteiger partial charge in [0.15, 0.2) is 0 Å². The fourth-order valence-corrected chi connectivity index (χ4v) is 2.22. The Hall–Kier alpha value is -1.49. The molecule has 0 amide bonds. The summed E-state index contributed by atoms with van der Waals surface area (Å²) in [7, 11) is 0. The van der Waals surface area contributed by atoms with Crippen molar-refractivity contribution in [3.63, 3.8) is 0 Å². The Morgan fingerprint density at radius 1 is 1.40 bits per heavy atom. The van der Waals surface area contributed by atoms with Crippen LogP contribution in [-0.2, 0) is 16.0 Å². The molecule has 5 heteroatoms. The van der Waals surface area contributed by atoms with Crippen molar-refractivity contribution in [1.82, 2.24) is 5.32 Å². The molecule has 0 saturated carbocycles. The minimum absolute atomic E-state index is 0.183. The van der Waals surface area contributed by atoms with Crippen molar-refractivity contribution in [1.29, 1.82) is 0 Å². The molecule has 0 bridgehead atoms. The number of rotatable bonds is 6. The average molecular weight is 283 g/mol. The zero-order valence-corrected chi connectivity index (χ0v) is 11.4. The summed E-state index contributed by atoms with van der Waals surface area (Å²) in [5, 5.41) is 3.14. The first-order chi connectivity index (χ1) is 9.47. The molecule has 1 heterocycles. The van der Waals surface area contributed by atoms with E-state index < -0.39 is 24.4 Å². The molecule has 0 radical (unpaired) electrons. The molecule has 0 spiro atoms. The molecular formula is C15H19F2NO2. The van der Waals surface area contributed by atoms with Crippen molar-refractivity contribution in [3.8, 4) is 0 Å². The number of carbonyl (C=O) groups is 1. The molecule has 1 N–H and O–H groups in total. The highest BCUT2D eigenvalue weighted by atomic mass is 19.3. The van der Waals surface area contributed by atoms with E-state index in [0.29, 0.717) is 0 Å². The van der Waals surface area contributed by atoms with Crippen molar-refractivity contribution >= 4 is 5.97 Å². The zero-order chi connectivity index (χ0) is 14.6. The third kappa shape index (κ3) is 4.00. The molecule has 1 aliphatic rings. The quantitative estimate of drug-likeness (QED) is 0.815. The Morgan fingerprint density at radius 3 is 2.70 bits per heavy atom. The first kappa shape index (κ1) is 14.9. The standard InChI is InChI=1S/C15H19F2NO2/c1-11(7-8-12-5-3-2-4-6-12)18-10-13-9-15(16,17)14(19)20-13/h2-6,11,13,18H,7-10H2,1H3. The van der Waals surface area contributed by atoms with E-state index in [2.05, 4.69) is 22.2 Å². The zero-order valence-electron chi connectivity index (χ0n) is 11.4. The summed E-state index contributed by atoms with van der Waals surface area (Å²) in [5.41, 5.74) is 1.25. The lowest BCUT2D eigenvalue weighted by molar-refractivity contribution is -0.159. The molecule has 2 unspecified atom stereocenters. The molecule has 0 aliphatic carbocycles. The van der Waals surface area contributed by atoms with Crippen LogP contribution in [0.3, 0.4) is 0 Å². The van der Waals surface area contributed by atoms with Crippen molar-refractivity contribution < 1.29 is 18.3 Å². The molecule has 1 saturated heterocycles. The summed E-state index contributed by atoms with van der Waals surface area (Å²) in [4.78, 5) is 10.9. The first-order valence-electron chi connectivity index (χ1n) is 6.83. The summed E-state index contributed by atoms with van der Waals surface area (Å²) in [6.07, 6.45) is 0.581. The van der Waals surface area contributed by atoms with Gasteiger partial charge in [0.05, 0.1) is 6.42 Å². The number of benzene rings is 1. The van der Waals surface area contributed by atoms with Crippen LogP contribution in [0.2, 0.25) is 0 Å². The summed E-state index contributed by atoms with van der Waals surface area (Å²) in [6.45, 7) is 2.27. The van der Waals surface area contributed by atoms with Crippen molar-refractivity contribution in [2.45, 2.75) is 44.3 Å². The van der Waals surface area contributed by atoms with Crippen molar-refractivity contribution in [2.75, 3.05) is 6.54 Å². The van der Waals surface area contributed by atoms with E-state index in [4.69, 9.17) is 0 Å². The number of alkyl halides is 2. The second-order valence-corrected chi connectivity index (χ2v) is 5.27. The highest BCUT2D eigenvalue weighted by molar-refractivity contribution is 5.79. The highest BCUT2D eigenvalue weighted by Crippen LogP contribution is 2.30. The Kier molecular flexibility index (Phi) is 4.70. The third-order valence-corrected chi connectivity index (χ3v) is 3.46. The number of nitrogens with one attached hydrogen (secondary N) is 1. The van der Waals surface area contributed by atoms with Crippen LogP contribution in [0.1, 0.15) is 25.3 Å². The number of cyclic esters (lactones) is 1. The second kappa shape index (κ2) is 6.31. The molecule has 1 aromatic carbocycles. The minimum Gasteiger partial charge on any atom is -0.456 e. The van der Waals surface area contributed by atoms with E-state index in [1.54, 1.807) is 0 Å². The van der Waals surface area contributed by atoms with Gasteiger partial charge in [-0.2, -0.15) is 8.78 Å². The van der Waals surface area contributed by atoms with Gasteiger partial charge in [-0.25, -0.2) is 4.79 Å². The van der Waals surface area contributed by atoms with E-state index in [9.17, 15) is 13.6 Å². The van der Waals surface area contributed by atoms with Gasteiger partial charge < -0.3 is 10.1 Å². The maximum atomic E-state index is 13.0. The number of esters is 1. The summed E-state index contributed by atoms with van der Waals surface area (Å²) < 4.78 is 30.6. The maximum Gasteiger partial charge on any atom is 0.377 e. The maximum absolute atomic E-state index is 13.0. The van der Waals surface area contributed by atoms with Crippen LogP contribution in [0.25, 0.3) is 0 Å². The lowest BCUT2D eigenvalue weighted by atomic mass is 10.1. The SMILES string of the molecule is CC(CCc1ccccc1)NCC1CC(F)(F)C(=O)O1. The Morgan fingerprint density at radius 2 is 2.10 bits per heavy atom. The molecule has 1 aliphatic heterocycles. The van der Waals surface area contributed by atoms with Crippen LogP contribution in [-0.4, -0.2) is 30.6 Å². The molecule has 110 valence electrons. The minimum atomic E-state index is -3.32. The first-order valence-corrected chi connectivity index (χ1v) is 6.83. The van der Waals surface area contributed by atoms with E-state index in [0.717, 1.165) is 12.8 Å². The van der Waals surface area contributed by atoms with Gasteiger partial charge in [0, 0.05) is 12.6 Å². The monoisotopic (exact) mass is 283 g/mol. The number of carbonyl (C=O) groups excluding carboxylic acids is 1. The number of hydrogen-bond donors (Lipinski definition) is 1. The second-order valence-electron chi connectivity index (χ2n) is 5.27. The average Bonchev–Trinajstić information content (AvgIpc) is 2.69. The largest absolute Gasteiger partial charge is 0.456 e. The number of aryl methyl sites for hydroxylation is 1. The molecule has 2 atom stereocenters. The smallest absolute Gasteiger partial charge is 0.377 e. The molecule has 3 nitrogen and oxygen atoms in total. The van der Waals surface area contributed by atoms with Crippen LogP contribution >= 0.6 is 0 Å². The van der Waals surface area contributed by atoms with Gasteiger partial charge >= 0.3 is 11.9 Å². The number of hydrogen-bond acceptors (Lipinski definition) is 3. The molecule has 1 fully saturated rings. The van der Waals surface area contributed by atoms with E-state index in [1.807, 2.05) is 25.1 Å². The summed E-state index contributed by atoms with van der Waals surface area (Å²) in [6, 6.07) is 10.3. The summed E-state index contributed by atoms with van der Waals surface area (Å²) >= 11 is 0. The topological polar surface area (TPSA) is 38.3 Å². The lowest BCUT2D eigenvalue weighted by Gasteiger charge is -2.16. The Bertz CT molecular complexity index is 450. The van der Waals surface area contributed by atoms with Crippen LogP contribution < -0.4 is 5.32 Å². The fraction of sp³-hybridized carbons (Fsp3) is 0.533. The van der Waals surface area contributed by atoms with Crippen LogP contribution in [0, 0.1) is 0 Å². The van der Waals surface area contributed by atoms with Crippen molar-refractivity contribution in [3.05, 3.63) is 35.9 Å².